The standard InChI is InChI=1S/C16H26N2O/c1-2-19-16-5-3-15(4-6-16)13-18-11-8-14(7-10-17)9-12-18/h3-6,14H,2,7-13,17H2,1H3. The van der Waals surface area contributed by atoms with E-state index in [0.717, 1.165) is 31.4 Å². The lowest BCUT2D eigenvalue weighted by atomic mass is 9.93. The first-order valence-corrected chi connectivity index (χ1v) is 7.46. The van der Waals surface area contributed by atoms with E-state index in [2.05, 4.69) is 29.2 Å². The van der Waals surface area contributed by atoms with Gasteiger partial charge in [-0.2, -0.15) is 0 Å². The quantitative estimate of drug-likeness (QED) is 0.856. The van der Waals surface area contributed by atoms with E-state index in [1.807, 2.05) is 6.92 Å². The molecule has 19 heavy (non-hydrogen) atoms. The van der Waals surface area contributed by atoms with E-state index in [4.69, 9.17) is 10.5 Å². The molecule has 0 aliphatic carbocycles. The molecule has 0 amide bonds. The fourth-order valence-electron chi connectivity index (χ4n) is 2.78. The van der Waals surface area contributed by atoms with E-state index in [0.29, 0.717) is 0 Å². The zero-order chi connectivity index (χ0) is 13.5. The molecule has 1 aromatic carbocycles. The maximum atomic E-state index is 5.63. The van der Waals surface area contributed by atoms with Gasteiger partial charge in [-0.25, -0.2) is 0 Å². The first kappa shape index (κ1) is 14.4. The van der Waals surface area contributed by atoms with Gasteiger partial charge in [0.15, 0.2) is 0 Å². The fourth-order valence-corrected chi connectivity index (χ4v) is 2.78. The van der Waals surface area contributed by atoms with Crippen LogP contribution in [-0.2, 0) is 6.54 Å². The number of likely N-dealkylation sites (tertiary alicyclic amines) is 1. The van der Waals surface area contributed by atoms with E-state index in [9.17, 15) is 0 Å². The number of piperidine rings is 1. The molecule has 0 spiro atoms. The van der Waals surface area contributed by atoms with Crippen LogP contribution in [0.15, 0.2) is 24.3 Å². The van der Waals surface area contributed by atoms with E-state index in [1.54, 1.807) is 0 Å². The van der Waals surface area contributed by atoms with Gasteiger partial charge in [-0.15, -0.1) is 0 Å². The molecule has 1 fully saturated rings. The third kappa shape index (κ3) is 4.51. The Morgan fingerprint density at radius 2 is 1.89 bits per heavy atom. The molecule has 1 aliphatic rings. The van der Waals surface area contributed by atoms with E-state index in [1.165, 1.54) is 37.9 Å². The molecule has 1 aliphatic heterocycles. The maximum Gasteiger partial charge on any atom is 0.119 e. The highest BCUT2D eigenvalue weighted by molar-refractivity contribution is 5.27. The zero-order valence-electron chi connectivity index (χ0n) is 12.0. The Kier molecular flexibility index (Phi) is 5.67. The number of ether oxygens (including phenoxy) is 1. The summed E-state index contributed by atoms with van der Waals surface area (Å²) in [7, 11) is 0. The molecule has 0 aromatic heterocycles. The van der Waals surface area contributed by atoms with Crippen molar-refractivity contribution in [1.29, 1.82) is 0 Å². The summed E-state index contributed by atoms with van der Waals surface area (Å²) in [6.45, 7) is 7.05. The predicted octanol–water partition coefficient (Wildman–Crippen LogP) is 2.65. The second-order valence-electron chi connectivity index (χ2n) is 5.37. The predicted molar refractivity (Wildman–Crippen MR) is 79.3 cm³/mol. The Labute approximate surface area is 116 Å². The third-order valence-electron chi connectivity index (χ3n) is 3.92. The number of rotatable bonds is 6. The number of nitrogens with zero attached hydrogens (tertiary/aromatic N) is 1. The van der Waals surface area contributed by atoms with Gasteiger partial charge in [0, 0.05) is 6.54 Å². The van der Waals surface area contributed by atoms with Gasteiger partial charge in [0.1, 0.15) is 5.75 Å². The lowest BCUT2D eigenvalue weighted by Crippen LogP contribution is -2.33. The van der Waals surface area contributed by atoms with Gasteiger partial charge in [-0.1, -0.05) is 12.1 Å². The summed E-state index contributed by atoms with van der Waals surface area (Å²) < 4.78 is 5.47. The van der Waals surface area contributed by atoms with Crippen LogP contribution >= 0.6 is 0 Å². The van der Waals surface area contributed by atoms with Crippen molar-refractivity contribution in [1.82, 2.24) is 4.90 Å². The largest absolute Gasteiger partial charge is 0.494 e. The van der Waals surface area contributed by atoms with Crippen LogP contribution in [-0.4, -0.2) is 31.1 Å². The number of hydrogen-bond donors (Lipinski definition) is 1. The van der Waals surface area contributed by atoms with Crippen LogP contribution < -0.4 is 10.5 Å². The average molecular weight is 262 g/mol. The van der Waals surface area contributed by atoms with E-state index in [-0.39, 0.29) is 0 Å². The van der Waals surface area contributed by atoms with Crippen molar-refractivity contribution in [3.8, 4) is 5.75 Å². The monoisotopic (exact) mass is 262 g/mol. The van der Waals surface area contributed by atoms with E-state index < -0.39 is 0 Å². The Morgan fingerprint density at radius 3 is 2.47 bits per heavy atom. The average Bonchev–Trinajstić information content (AvgIpc) is 2.44. The smallest absolute Gasteiger partial charge is 0.119 e. The molecule has 1 saturated heterocycles. The van der Waals surface area contributed by atoms with Crippen LogP contribution in [0.4, 0.5) is 0 Å². The Hall–Kier alpha value is -1.06. The summed E-state index contributed by atoms with van der Waals surface area (Å²) >= 11 is 0. The third-order valence-corrected chi connectivity index (χ3v) is 3.92. The van der Waals surface area contributed by atoms with Crippen molar-refractivity contribution < 1.29 is 4.74 Å². The van der Waals surface area contributed by atoms with Crippen molar-refractivity contribution in [2.45, 2.75) is 32.7 Å². The second-order valence-corrected chi connectivity index (χ2v) is 5.37. The Bertz CT molecular complexity index is 356. The summed E-state index contributed by atoms with van der Waals surface area (Å²) in [5, 5.41) is 0. The summed E-state index contributed by atoms with van der Waals surface area (Å²) in [4.78, 5) is 2.54. The lowest BCUT2D eigenvalue weighted by molar-refractivity contribution is 0.173. The van der Waals surface area contributed by atoms with Gasteiger partial charge in [0.2, 0.25) is 0 Å². The first-order chi connectivity index (χ1) is 9.31. The minimum absolute atomic E-state index is 0.730. The van der Waals surface area contributed by atoms with Gasteiger partial charge < -0.3 is 10.5 Å². The van der Waals surface area contributed by atoms with Gasteiger partial charge in [-0.3, -0.25) is 4.90 Å². The van der Waals surface area contributed by atoms with Crippen LogP contribution in [0.25, 0.3) is 0 Å². The van der Waals surface area contributed by atoms with E-state index >= 15 is 0 Å². The number of benzene rings is 1. The summed E-state index contributed by atoms with van der Waals surface area (Å²) in [6.07, 6.45) is 3.79. The van der Waals surface area contributed by atoms with Crippen molar-refractivity contribution in [2.24, 2.45) is 11.7 Å². The van der Waals surface area contributed by atoms with Gasteiger partial charge >= 0.3 is 0 Å². The van der Waals surface area contributed by atoms with Crippen LogP contribution in [0.2, 0.25) is 0 Å². The molecule has 106 valence electrons. The van der Waals surface area contributed by atoms with Crippen LogP contribution in [0.1, 0.15) is 31.7 Å². The molecular formula is C16H26N2O. The molecule has 3 heteroatoms. The highest BCUT2D eigenvalue weighted by Crippen LogP contribution is 2.21. The van der Waals surface area contributed by atoms with Gasteiger partial charge in [0.25, 0.3) is 0 Å². The molecule has 0 radical (unpaired) electrons. The molecule has 0 atom stereocenters. The molecule has 3 nitrogen and oxygen atoms in total. The van der Waals surface area contributed by atoms with Crippen molar-refractivity contribution >= 4 is 0 Å². The Balaban J connectivity index is 1.78. The number of hydrogen-bond acceptors (Lipinski definition) is 3. The Morgan fingerprint density at radius 1 is 1.21 bits per heavy atom. The molecule has 1 aromatic rings. The topological polar surface area (TPSA) is 38.5 Å². The summed E-state index contributed by atoms with van der Waals surface area (Å²) in [5.74, 6) is 1.81. The highest BCUT2D eigenvalue weighted by Gasteiger charge is 2.18. The van der Waals surface area contributed by atoms with Crippen molar-refractivity contribution in [3.05, 3.63) is 29.8 Å². The summed E-state index contributed by atoms with van der Waals surface area (Å²) in [5.41, 5.74) is 7.01. The minimum atomic E-state index is 0.730. The van der Waals surface area contributed by atoms with Gasteiger partial charge in [-0.05, 0) is 69.4 Å². The molecule has 0 bridgehead atoms. The fraction of sp³-hybridized carbons (Fsp3) is 0.625. The number of nitrogens with two attached hydrogens (primary N) is 1. The lowest BCUT2D eigenvalue weighted by Gasteiger charge is -2.31. The zero-order valence-corrected chi connectivity index (χ0v) is 12.0. The second kappa shape index (κ2) is 7.51. The highest BCUT2D eigenvalue weighted by atomic mass is 16.5. The van der Waals surface area contributed by atoms with Crippen molar-refractivity contribution in [3.63, 3.8) is 0 Å². The molecule has 2 N–H and O–H groups in total. The molecule has 0 saturated carbocycles. The van der Waals surface area contributed by atoms with Crippen LogP contribution in [0.5, 0.6) is 5.75 Å². The normalized spacial score (nSPS) is 17.6. The SMILES string of the molecule is CCOc1ccc(CN2CCC(CCN)CC2)cc1. The molecule has 2 rings (SSSR count). The minimum Gasteiger partial charge on any atom is -0.494 e. The summed E-state index contributed by atoms with van der Waals surface area (Å²) in [6, 6.07) is 8.49. The molecule has 1 heterocycles. The van der Waals surface area contributed by atoms with Crippen LogP contribution in [0.3, 0.4) is 0 Å². The first-order valence-electron chi connectivity index (χ1n) is 7.46. The van der Waals surface area contributed by atoms with Gasteiger partial charge in [0.05, 0.1) is 6.61 Å². The maximum absolute atomic E-state index is 5.63. The molecular weight excluding hydrogens is 236 g/mol. The van der Waals surface area contributed by atoms with Crippen molar-refractivity contribution in [2.75, 3.05) is 26.2 Å². The van der Waals surface area contributed by atoms with Crippen LogP contribution in [0, 0.1) is 5.92 Å². The molecule has 0 unspecified atom stereocenters.